The van der Waals surface area contributed by atoms with Crippen molar-refractivity contribution in [3.8, 4) is 0 Å². The topological polar surface area (TPSA) is 66.1 Å². The van der Waals surface area contributed by atoms with Gasteiger partial charge in [-0.25, -0.2) is 0 Å². The van der Waals surface area contributed by atoms with Gasteiger partial charge in [0.15, 0.2) is 0 Å². The third kappa shape index (κ3) is 4.64. The Balaban J connectivity index is 1.77. The maximum Gasteiger partial charge on any atom is 0.411 e. The molecule has 0 amide bonds. The minimum atomic E-state index is -4.29. The standard InChI is InChI=1S/C11H18F3N5O/c1-8-6-19(4-3-15-8)10-16-9(17-18-10)2-5-20-7-11(12,13)14/h8,15H,2-7H2,1H3,(H,16,17,18)/t8-/m1/s1. The van der Waals surface area contributed by atoms with Gasteiger partial charge in [0.25, 0.3) is 0 Å². The van der Waals surface area contributed by atoms with Gasteiger partial charge in [0.2, 0.25) is 5.95 Å². The number of ether oxygens (including phenoxy) is 1. The summed E-state index contributed by atoms with van der Waals surface area (Å²) in [5.41, 5.74) is 0. The molecular weight excluding hydrogens is 275 g/mol. The average Bonchev–Trinajstić information content (AvgIpc) is 2.82. The van der Waals surface area contributed by atoms with Crippen LogP contribution in [0.5, 0.6) is 0 Å². The molecule has 0 unspecified atom stereocenters. The molecule has 20 heavy (non-hydrogen) atoms. The fourth-order valence-electron chi connectivity index (χ4n) is 2.01. The van der Waals surface area contributed by atoms with Crippen LogP contribution in [0.4, 0.5) is 19.1 Å². The van der Waals surface area contributed by atoms with Gasteiger partial charge in [-0.3, -0.25) is 5.10 Å². The Bertz CT molecular complexity index is 422. The summed E-state index contributed by atoms with van der Waals surface area (Å²) in [6.45, 7) is 3.29. The van der Waals surface area contributed by atoms with Gasteiger partial charge in [-0.05, 0) is 6.92 Å². The minimum absolute atomic E-state index is 0.0356. The lowest BCUT2D eigenvalue weighted by atomic mass is 10.2. The van der Waals surface area contributed by atoms with Crippen LogP contribution in [-0.4, -0.2) is 60.2 Å². The van der Waals surface area contributed by atoms with Crippen molar-refractivity contribution in [2.75, 3.05) is 37.7 Å². The zero-order chi connectivity index (χ0) is 14.6. The molecule has 2 N–H and O–H groups in total. The molecule has 0 aromatic carbocycles. The van der Waals surface area contributed by atoms with Crippen LogP contribution < -0.4 is 10.2 Å². The normalized spacial score (nSPS) is 20.4. The molecule has 2 heterocycles. The maximum atomic E-state index is 11.9. The van der Waals surface area contributed by atoms with E-state index >= 15 is 0 Å². The van der Waals surface area contributed by atoms with Gasteiger partial charge in [0.1, 0.15) is 12.4 Å². The third-order valence-corrected chi connectivity index (χ3v) is 2.92. The van der Waals surface area contributed by atoms with E-state index in [1.165, 1.54) is 0 Å². The molecule has 1 aliphatic heterocycles. The molecule has 0 bridgehead atoms. The number of rotatable bonds is 5. The molecule has 1 aromatic heterocycles. The highest BCUT2D eigenvalue weighted by Gasteiger charge is 2.27. The van der Waals surface area contributed by atoms with Crippen LogP contribution in [0.3, 0.4) is 0 Å². The first-order chi connectivity index (χ1) is 9.44. The van der Waals surface area contributed by atoms with E-state index < -0.39 is 12.8 Å². The van der Waals surface area contributed by atoms with E-state index in [-0.39, 0.29) is 13.0 Å². The van der Waals surface area contributed by atoms with Crippen LogP contribution in [0, 0.1) is 0 Å². The fraction of sp³-hybridized carbons (Fsp3) is 0.818. The summed E-state index contributed by atoms with van der Waals surface area (Å²) in [4.78, 5) is 6.31. The van der Waals surface area contributed by atoms with Crippen LogP contribution in [0.1, 0.15) is 12.7 Å². The van der Waals surface area contributed by atoms with Crippen LogP contribution >= 0.6 is 0 Å². The largest absolute Gasteiger partial charge is 0.411 e. The van der Waals surface area contributed by atoms with Crippen molar-refractivity contribution in [3.05, 3.63) is 5.82 Å². The highest BCUT2D eigenvalue weighted by molar-refractivity contribution is 5.30. The number of anilines is 1. The quantitative estimate of drug-likeness (QED) is 0.783. The van der Waals surface area contributed by atoms with Crippen molar-refractivity contribution >= 4 is 5.95 Å². The number of nitrogens with one attached hydrogen (secondary N) is 2. The van der Waals surface area contributed by atoms with Gasteiger partial charge in [-0.1, -0.05) is 0 Å². The maximum absolute atomic E-state index is 11.9. The van der Waals surface area contributed by atoms with Crippen molar-refractivity contribution in [1.82, 2.24) is 20.5 Å². The number of H-pyrrole nitrogens is 1. The smallest absolute Gasteiger partial charge is 0.372 e. The summed E-state index contributed by atoms with van der Waals surface area (Å²) < 4.78 is 40.2. The van der Waals surface area contributed by atoms with E-state index in [0.717, 1.165) is 19.6 Å². The van der Waals surface area contributed by atoms with Crippen LogP contribution in [0.15, 0.2) is 0 Å². The second-order valence-corrected chi connectivity index (χ2v) is 4.80. The van der Waals surface area contributed by atoms with Gasteiger partial charge in [-0.2, -0.15) is 18.2 Å². The number of nitrogens with zero attached hydrogens (tertiary/aromatic N) is 3. The summed E-state index contributed by atoms with van der Waals surface area (Å²) in [6, 6.07) is 0.362. The highest BCUT2D eigenvalue weighted by Crippen LogP contribution is 2.14. The van der Waals surface area contributed by atoms with Gasteiger partial charge in [0.05, 0.1) is 6.61 Å². The molecule has 1 aromatic rings. The number of alkyl halides is 3. The second kappa shape index (κ2) is 6.40. The molecule has 114 valence electrons. The molecule has 6 nitrogen and oxygen atoms in total. The van der Waals surface area contributed by atoms with Crippen LogP contribution in [0.25, 0.3) is 0 Å². The van der Waals surface area contributed by atoms with E-state index in [0.29, 0.717) is 17.8 Å². The first-order valence-corrected chi connectivity index (χ1v) is 6.48. The van der Waals surface area contributed by atoms with Crippen molar-refractivity contribution in [2.24, 2.45) is 0 Å². The van der Waals surface area contributed by atoms with Crippen LogP contribution in [-0.2, 0) is 11.2 Å². The first kappa shape index (κ1) is 15.0. The zero-order valence-corrected chi connectivity index (χ0v) is 11.2. The Labute approximate surface area is 114 Å². The lowest BCUT2D eigenvalue weighted by Crippen LogP contribution is -2.49. The molecule has 1 fully saturated rings. The number of halogens is 3. The summed E-state index contributed by atoms with van der Waals surface area (Å²) >= 11 is 0. The zero-order valence-electron chi connectivity index (χ0n) is 11.2. The minimum Gasteiger partial charge on any atom is -0.372 e. The molecule has 1 saturated heterocycles. The predicted octanol–water partition coefficient (Wildman–Crippen LogP) is 0.724. The molecule has 0 spiro atoms. The Morgan fingerprint density at radius 2 is 2.25 bits per heavy atom. The Kier molecular flexibility index (Phi) is 4.81. The molecule has 0 aliphatic carbocycles. The van der Waals surface area contributed by atoms with E-state index in [1.54, 1.807) is 0 Å². The lowest BCUT2D eigenvalue weighted by Gasteiger charge is -2.30. The summed E-state index contributed by atoms with van der Waals surface area (Å²) in [5.74, 6) is 1.12. The lowest BCUT2D eigenvalue weighted by molar-refractivity contribution is -0.173. The van der Waals surface area contributed by atoms with Gasteiger partial charge >= 0.3 is 6.18 Å². The van der Waals surface area contributed by atoms with Crippen molar-refractivity contribution in [3.63, 3.8) is 0 Å². The number of aromatic amines is 1. The Morgan fingerprint density at radius 1 is 1.45 bits per heavy atom. The monoisotopic (exact) mass is 293 g/mol. The van der Waals surface area contributed by atoms with E-state index in [9.17, 15) is 13.2 Å². The predicted molar refractivity (Wildman–Crippen MR) is 66.6 cm³/mol. The molecule has 1 aliphatic rings. The van der Waals surface area contributed by atoms with Gasteiger partial charge in [0, 0.05) is 32.1 Å². The highest BCUT2D eigenvalue weighted by atomic mass is 19.4. The van der Waals surface area contributed by atoms with Crippen molar-refractivity contribution in [2.45, 2.75) is 25.6 Å². The van der Waals surface area contributed by atoms with Gasteiger partial charge < -0.3 is 15.0 Å². The molecule has 9 heteroatoms. The van der Waals surface area contributed by atoms with E-state index in [4.69, 9.17) is 0 Å². The average molecular weight is 293 g/mol. The summed E-state index contributed by atoms with van der Waals surface area (Å²) in [7, 11) is 0. The van der Waals surface area contributed by atoms with Crippen molar-refractivity contribution < 1.29 is 17.9 Å². The summed E-state index contributed by atoms with van der Waals surface area (Å²) in [6.07, 6.45) is -4.01. The van der Waals surface area contributed by atoms with Crippen LogP contribution in [0.2, 0.25) is 0 Å². The molecule has 2 rings (SSSR count). The molecule has 1 atom stereocenters. The first-order valence-electron chi connectivity index (χ1n) is 6.48. The fourth-order valence-corrected chi connectivity index (χ4v) is 2.01. The van der Waals surface area contributed by atoms with E-state index in [1.807, 2.05) is 4.90 Å². The third-order valence-electron chi connectivity index (χ3n) is 2.92. The van der Waals surface area contributed by atoms with Gasteiger partial charge in [-0.15, -0.1) is 5.10 Å². The number of hydrogen-bond acceptors (Lipinski definition) is 5. The van der Waals surface area contributed by atoms with Crippen molar-refractivity contribution in [1.29, 1.82) is 0 Å². The number of piperazine rings is 1. The SMILES string of the molecule is C[C@@H]1CN(c2n[nH]c(CCOCC(F)(F)F)n2)CCN1. The Morgan fingerprint density at radius 3 is 2.95 bits per heavy atom. The second-order valence-electron chi connectivity index (χ2n) is 4.80. The molecule has 0 radical (unpaired) electrons. The molecule has 0 saturated carbocycles. The number of hydrogen-bond donors (Lipinski definition) is 2. The Hall–Kier alpha value is -1.35. The van der Waals surface area contributed by atoms with E-state index in [2.05, 4.69) is 32.2 Å². The summed E-state index contributed by atoms with van der Waals surface area (Å²) in [5, 5.41) is 10.1. The molecular formula is C11H18F3N5O. The number of aromatic nitrogens is 3.